The summed E-state index contributed by atoms with van der Waals surface area (Å²) in [4.78, 5) is 0. The molecule has 1 aliphatic heterocycles. The van der Waals surface area contributed by atoms with E-state index in [2.05, 4.69) is 6.58 Å². The van der Waals surface area contributed by atoms with Crippen LogP contribution in [0.3, 0.4) is 0 Å². The maximum atomic E-state index is 11.1. The van der Waals surface area contributed by atoms with Crippen LogP contribution in [0.15, 0.2) is 12.7 Å². The van der Waals surface area contributed by atoms with E-state index >= 15 is 0 Å². The molecule has 0 aromatic carbocycles. The van der Waals surface area contributed by atoms with Crippen molar-refractivity contribution in [1.29, 1.82) is 0 Å². The van der Waals surface area contributed by atoms with Crippen LogP contribution in [-0.4, -0.2) is 25.5 Å². The first-order valence-corrected chi connectivity index (χ1v) is 5.90. The molecule has 0 amide bonds. The van der Waals surface area contributed by atoms with Gasteiger partial charge in [0.25, 0.3) is 0 Å². The SMILES string of the molecule is C=CCC1(N)CCS(=O)(=O)CC1. The number of nitrogens with two attached hydrogens (primary N) is 1. The first kappa shape index (κ1) is 9.74. The lowest BCUT2D eigenvalue weighted by Crippen LogP contribution is -2.46. The molecule has 0 aliphatic carbocycles. The molecular weight excluding hydrogens is 174 g/mol. The standard InChI is InChI=1S/C8H15NO2S/c1-2-3-8(9)4-6-12(10,11)7-5-8/h2H,1,3-7,9H2. The van der Waals surface area contributed by atoms with Crippen LogP contribution in [0.4, 0.5) is 0 Å². The van der Waals surface area contributed by atoms with Gasteiger partial charge in [0.15, 0.2) is 0 Å². The summed E-state index contributed by atoms with van der Waals surface area (Å²) in [6, 6.07) is 0. The fraction of sp³-hybridized carbons (Fsp3) is 0.750. The van der Waals surface area contributed by atoms with E-state index in [1.807, 2.05) is 0 Å². The van der Waals surface area contributed by atoms with E-state index in [0.717, 1.165) is 0 Å². The summed E-state index contributed by atoms with van der Waals surface area (Å²) in [5.74, 6) is 0.467. The Kier molecular flexibility index (Phi) is 2.58. The molecule has 0 unspecified atom stereocenters. The van der Waals surface area contributed by atoms with Crippen molar-refractivity contribution < 1.29 is 8.42 Å². The summed E-state index contributed by atoms with van der Waals surface area (Å²) in [5.41, 5.74) is 5.64. The van der Waals surface area contributed by atoms with Crippen LogP contribution < -0.4 is 5.73 Å². The molecule has 0 saturated carbocycles. The van der Waals surface area contributed by atoms with Crippen LogP contribution in [-0.2, 0) is 9.84 Å². The average molecular weight is 189 g/mol. The highest BCUT2D eigenvalue weighted by atomic mass is 32.2. The zero-order valence-electron chi connectivity index (χ0n) is 7.12. The lowest BCUT2D eigenvalue weighted by Gasteiger charge is -2.32. The van der Waals surface area contributed by atoms with Gasteiger partial charge in [0.05, 0.1) is 11.5 Å². The smallest absolute Gasteiger partial charge is 0.150 e. The van der Waals surface area contributed by atoms with Crippen molar-refractivity contribution in [3.05, 3.63) is 12.7 Å². The molecule has 0 bridgehead atoms. The number of hydrogen-bond donors (Lipinski definition) is 1. The van der Waals surface area contributed by atoms with Crippen molar-refractivity contribution in [2.75, 3.05) is 11.5 Å². The van der Waals surface area contributed by atoms with E-state index < -0.39 is 9.84 Å². The summed E-state index contributed by atoms with van der Waals surface area (Å²) >= 11 is 0. The van der Waals surface area contributed by atoms with E-state index in [1.54, 1.807) is 6.08 Å². The predicted molar refractivity (Wildman–Crippen MR) is 49.6 cm³/mol. The van der Waals surface area contributed by atoms with Gasteiger partial charge in [0.1, 0.15) is 9.84 Å². The van der Waals surface area contributed by atoms with Crippen molar-refractivity contribution in [1.82, 2.24) is 0 Å². The molecule has 0 atom stereocenters. The highest BCUT2D eigenvalue weighted by molar-refractivity contribution is 7.91. The van der Waals surface area contributed by atoms with Crippen LogP contribution in [0.5, 0.6) is 0 Å². The van der Waals surface area contributed by atoms with Gasteiger partial charge in [-0.2, -0.15) is 0 Å². The van der Waals surface area contributed by atoms with Crippen LogP contribution in [0.25, 0.3) is 0 Å². The Morgan fingerprint density at radius 2 is 1.92 bits per heavy atom. The Bertz CT molecular complexity index is 255. The molecule has 2 N–H and O–H groups in total. The third-order valence-electron chi connectivity index (χ3n) is 2.37. The van der Waals surface area contributed by atoms with Gasteiger partial charge in [-0.15, -0.1) is 6.58 Å². The minimum Gasteiger partial charge on any atom is -0.325 e. The Morgan fingerprint density at radius 3 is 2.33 bits per heavy atom. The first-order valence-electron chi connectivity index (χ1n) is 4.08. The third kappa shape index (κ3) is 2.32. The van der Waals surface area contributed by atoms with Gasteiger partial charge in [-0.05, 0) is 19.3 Å². The van der Waals surface area contributed by atoms with Crippen LogP contribution in [0.1, 0.15) is 19.3 Å². The van der Waals surface area contributed by atoms with Crippen LogP contribution >= 0.6 is 0 Å². The topological polar surface area (TPSA) is 60.2 Å². The molecular formula is C8H15NO2S. The highest BCUT2D eigenvalue weighted by Crippen LogP contribution is 2.24. The maximum Gasteiger partial charge on any atom is 0.150 e. The molecule has 0 spiro atoms. The largest absolute Gasteiger partial charge is 0.325 e. The van der Waals surface area contributed by atoms with Crippen molar-refractivity contribution in [2.45, 2.75) is 24.8 Å². The molecule has 4 heteroatoms. The maximum absolute atomic E-state index is 11.1. The second-order valence-electron chi connectivity index (χ2n) is 3.51. The van der Waals surface area contributed by atoms with E-state index in [0.29, 0.717) is 19.3 Å². The van der Waals surface area contributed by atoms with Crippen molar-refractivity contribution >= 4 is 9.84 Å². The molecule has 1 heterocycles. The van der Waals surface area contributed by atoms with Crippen LogP contribution in [0.2, 0.25) is 0 Å². The number of sulfone groups is 1. The average Bonchev–Trinajstić information content (AvgIpc) is 1.98. The minimum atomic E-state index is -2.79. The monoisotopic (exact) mass is 189 g/mol. The lowest BCUT2D eigenvalue weighted by atomic mass is 9.90. The van der Waals surface area contributed by atoms with Gasteiger partial charge >= 0.3 is 0 Å². The summed E-state index contributed by atoms with van der Waals surface area (Å²) in [7, 11) is -2.79. The Morgan fingerprint density at radius 1 is 1.42 bits per heavy atom. The predicted octanol–water partition coefficient (Wildman–Crippen LogP) is 0.469. The molecule has 1 rings (SSSR count). The second kappa shape index (κ2) is 3.18. The molecule has 0 radical (unpaired) electrons. The van der Waals surface area contributed by atoms with Crippen LogP contribution in [0, 0.1) is 0 Å². The lowest BCUT2D eigenvalue weighted by molar-refractivity contribution is 0.386. The fourth-order valence-electron chi connectivity index (χ4n) is 1.44. The Labute approximate surface area is 73.6 Å². The number of hydrogen-bond acceptors (Lipinski definition) is 3. The van der Waals surface area contributed by atoms with Crippen molar-refractivity contribution in [3.63, 3.8) is 0 Å². The zero-order chi connectivity index (χ0) is 9.24. The highest BCUT2D eigenvalue weighted by Gasteiger charge is 2.32. The van der Waals surface area contributed by atoms with Gasteiger partial charge in [-0.1, -0.05) is 6.08 Å². The van der Waals surface area contributed by atoms with Gasteiger partial charge in [-0.3, -0.25) is 0 Å². The van der Waals surface area contributed by atoms with Crippen molar-refractivity contribution in [3.8, 4) is 0 Å². The fourth-order valence-corrected chi connectivity index (χ4v) is 3.08. The summed E-state index contributed by atoms with van der Waals surface area (Å²) in [6.07, 6.45) is 3.61. The third-order valence-corrected chi connectivity index (χ3v) is 4.03. The molecule has 0 aromatic heterocycles. The van der Waals surface area contributed by atoms with E-state index in [9.17, 15) is 8.42 Å². The summed E-state index contributed by atoms with van der Waals surface area (Å²) in [5, 5.41) is 0. The summed E-state index contributed by atoms with van der Waals surface area (Å²) < 4.78 is 22.1. The molecule has 12 heavy (non-hydrogen) atoms. The minimum absolute atomic E-state index is 0.233. The molecule has 0 aromatic rings. The molecule has 1 aliphatic rings. The molecule has 1 saturated heterocycles. The van der Waals surface area contributed by atoms with E-state index in [-0.39, 0.29) is 17.0 Å². The first-order chi connectivity index (χ1) is 5.47. The van der Waals surface area contributed by atoms with Gasteiger partial charge in [0.2, 0.25) is 0 Å². The Balaban J connectivity index is 2.61. The molecule has 70 valence electrons. The van der Waals surface area contributed by atoms with Gasteiger partial charge in [-0.25, -0.2) is 8.42 Å². The number of rotatable bonds is 2. The second-order valence-corrected chi connectivity index (χ2v) is 5.81. The van der Waals surface area contributed by atoms with E-state index in [4.69, 9.17) is 5.73 Å². The van der Waals surface area contributed by atoms with E-state index in [1.165, 1.54) is 0 Å². The molecule has 3 nitrogen and oxygen atoms in total. The zero-order valence-corrected chi connectivity index (χ0v) is 7.94. The van der Waals surface area contributed by atoms with Gasteiger partial charge in [0, 0.05) is 5.54 Å². The molecule has 1 fully saturated rings. The normalized spacial score (nSPS) is 26.4. The quantitative estimate of drug-likeness (QED) is 0.642. The van der Waals surface area contributed by atoms with Crippen molar-refractivity contribution in [2.24, 2.45) is 5.73 Å². The van der Waals surface area contributed by atoms with Gasteiger partial charge < -0.3 is 5.73 Å². The summed E-state index contributed by atoms with van der Waals surface area (Å²) in [6.45, 7) is 3.61. The Hall–Kier alpha value is -0.350.